The van der Waals surface area contributed by atoms with E-state index in [4.69, 9.17) is 18.3 Å². The second-order valence-corrected chi connectivity index (χ2v) is 7.94. The second-order valence-electron chi connectivity index (χ2n) is 7.03. The molecule has 0 saturated heterocycles. The van der Waals surface area contributed by atoms with Crippen LogP contribution in [0.3, 0.4) is 0 Å². The molecule has 0 atom stereocenters. The first-order chi connectivity index (χ1) is 17.1. The monoisotopic (exact) mass is 585 g/mol. The lowest BCUT2D eigenvalue weighted by Crippen LogP contribution is -2.35. The number of carbonyl (C=O) groups is 2. The Morgan fingerprint density at radius 1 is 1.03 bits per heavy atom. The molecule has 2 amide bonds. The Hall–Kier alpha value is -3.89. The van der Waals surface area contributed by atoms with Gasteiger partial charge < -0.3 is 35.5 Å². The Morgan fingerprint density at radius 3 is 2.35 bits per heavy atom. The Labute approximate surface area is 214 Å². The third-order valence-corrected chi connectivity index (χ3v) is 4.60. The van der Waals surface area contributed by atoms with Gasteiger partial charge in [-0.1, -0.05) is 15.9 Å². The van der Waals surface area contributed by atoms with Crippen LogP contribution in [0.15, 0.2) is 53.1 Å². The third kappa shape index (κ3) is 7.80. The number of ether oxygens (including phenoxy) is 3. The highest BCUT2D eigenvalue weighted by molar-refractivity contribution is 9.10. The van der Waals surface area contributed by atoms with E-state index in [1.807, 2.05) is 0 Å². The van der Waals surface area contributed by atoms with Gasteiger partial charge in [0.1, 0.15) is 28.6 Å². The van der Waals surface area contributed by atoms with Gasteiger partial charge in [0.25, 0.3) is 17.7 Å². The number of pyridine rings is 1. The van der Waals surface area contributed by atoms with E-state index in [2.05, 4.69) is 35.7 Å². The van der Waals surface area contributed by atoms with Gasteiger partial charge in [-0.15, -0.1) is 13.2 Å². The average Bonchev–Trinajstić information content (AvgIpc) is 2.73. The number of hydrogen-bond donors (Lipinski definition) is 4. The molecule has 0 bridgehead atoms. The largest absolute Gasteiger partial charge is 0.573 e. The number of nitrogens with zero attached hydrogens (tertiary/aromatic N) is 1. The van der Waals surface area contributed by atoms with E-state index in [1.165, 1.54) is 12.3 Å². The summed E-state index contributed by atoms with van der Waals surface area (Å²) in [5.74, 6) is -9.04. The second kappa shape index (κ2) is 10.6. The van der Waals surface area contributed by atoms with Crippen molar-refractivity contribution in [2.45, 2.75) is 12.2 Å². The number of alkyl halides is 3. The van der Waals surface area contributed by atoms with Crippen molar-refractivity contribution in [1.29, 1.82) is 0 Å². The molecular weight excluding hydrogens is 573 g/mol. The van der Waals surface area contributed by atoms with Crippen LogP contribution < -0.4 is 25.3 Å². The van der Waals surface area contributed by atoms with Gasteiger partial charge in [-0.25, -0.2) is 4.39 Å². The number of aliphatic hydroxyl groups is 2. The van der Waals surface area contributed by atoms with Crippen molar-refractivity contribution >= 4 is 41.3 Å². The van der Waals surface area contributed by atoms with Gasteiger partial charge in [0.2, 0.25) is 7.85 Å². The van der Waals surface area contributed by atoms with E-state index in [1.54, 1.807) is 0 Å². The highest BCUT2D eigenvalue weighted by Crippen LogP contribution is 2.40. The Morgan fingerprint density at radius 2 is 1.73 bits per heavy atom. The van der Waals surface area contributed by atoms with Gasteiger partial charge in [0.15, 0.2) is 11.5 Å². The molecular formula is C21H13BBrF4N3O7. The van der Waals surface area contributed by atoms with Gasteiger partial charge in [-0.3, -0.25) is 14.6 Å². The first-order valence-electron chi connectivity index (χ1n) is 9.68. The van der Waals surface area contributed by atoms with Crippen LogP contribution in [-0.4, -0.2) is 47.1 Å². The Bertz CT molecular complexity index is 1350. The molecule has 0 aliphatic heterocycles. The number of carbonyl (C=O) groups excluding carboxylic acids is 2. The van der Waals surface area contributed by atoms with E-state index < -0.39 is 58.4 Å². The van der Waals surface area contributed by atoms with Crippen LogP contribution in [0.1, 0.15) is 20.8 Å². The van der Waals surface area contributed by atoms with Gasteiger partial charge in [0, 0.05) is 22.4 Å². The highest BCUT2D eigenvalue weighted by Gasteiger charge is 2.32. The lowest BCUT2D eigenvalue weighted by atomic mass is 10.1. The van der Waals surface area contributed by atoms with Crippen molar-refractivity contribution in [2.24, 2.45) is 5.73 Å². The molecule has 10 nitrogen and oxygen atoms in total. The molecule has 1 aromatic heterocycles. The smallest absolute Gasteiger partial charge is 0.452 e. The van der Waals surface area contributed by atoms with Crippen LogP contribution in [-0.2, 0) is 0 Å². The zero-order valence-corrected chi connectivity index (χ0v) is 19.6. The molecule has 0 aliphatic rings. The van der Waals surface area contributed by atoms with Crippen molar-refractivity contribution in [3.05, 3.63) is 70.2 Å². The molecule has 2 aromatic carbocycles. The van der Waals surface area contributed by atoms with Gasteiger partial charge >= 0.3 is 6.36 Å². The first kappa shape index (κ1) is 27.7. The maximum Gasteiger partial charge on any atom is 0.573 e. The van der Waals surface area contributed by atoms with Gasteiger partial charge in [0.05, 0.1) is 0 Å². The van der Waals surface area contributed by atoms with Crippen molar-refractivity contribution in [2.75, 3.05) is 5.32 Å². The molecule has 5 N–H and O–H groups in total. The van der Waals surface area contributed by atoms with E-state index >= 15 is 0 Å². The predicted octanol–water partition coefficient (Wildman–Crippen LogP) is 3.17. The minimum atomic E-state index is -5.10. The van der Waals surface area contributed by atoms with Crippen molar-refractivity contribution in [3.63, 3.8) is 0 Å². The molecule has 0 aliphatic carbocycles. The number of nitrogens with one attached hydrogen (secondary N) is 1. The maximum absolute atomic E-state index is 14.9. The normalized spacial score (nSPS) is 11.5. The topological polar surface area (TPSA) is 153 Å². The number of primary amides is 1. The lowest BCUT2D eigenvalue weighted by Gasteiger charge is -2.22. The average molecular weight is 586 g/mol. The molecule has 0 saturated carbocycles. The van der Waals surface area contributed by atoms with Crippen LogP contribution in [0.4, 0.5) is 23.2 Å². The fourth-order valence-electron chi connectivity index (χ4n) is 2.82. The summed E-state index contributed by atoms with van der Waals surface area (Å²) in [6.07, 6.45) is -3.93. The van der Waals surface area contributed by atoms with E-state index in [0.717, 1.165) is 30.3 Å². The first-order valence-corrected chi connectivity index (χ1v) is 10.5. The quantitative estimate of drug-likeness (QED) is 0.179. The fourth-order valence-corrected chi connectivity index (χ4v) is 3.23. The van der Waals surface area contributed by atoms with Gasteiger partial charge in [-0.2, -0.15) is 0 Å². The van der Waals surface area contributed by atoms with Crippen LogP contribution in [0, 0.1) is 5.82 Å². The number of nitrogens with two attached hydrogens (primary N) is 1. The lowest BCUT2D eigenvalue weighted by molar-refractivity contribution is -0.274. The highest BCUT2D eigenvalue weighted by atomic mass is 79.9. The number of hydrogen-bond acceptors (Lipinski definition) is 8. The maximum atomic E-state index is 14.9. The zero-order valence-electron chi connectivity index (χ0n) is 18.0. The molecule has 3 rings (SSSR count). The summed E-state index contributed by atoms with van der Waals surface area (Å²) < 4.78 is 66.6. The molecule has 1 heterocycles. The summed E-state index contributed by atoms with van der Waals surface area (Å²) in [6, 6.07) is 6.67. The summed E-state index contributed by atoms with van der Waals surface area (Å²) in [5, 5.41) is 21.1. The number of aromatic nitrogens is 1. The van der Waals surface area contributed by atoms with E-state index in [9.17, 15) is 37.4 Å². The number of rotatable bonds is 8. The van der Waals surface area contributed by atoms with Crippen LogP contribution in [0.2, 0.25) is 0 Å². The molecule has 2 radical (unpaired) electrons. The minimum absolute atomic E-state index is 0.0215. The summed E-state index contributed by atoms with van der Waals surface area (Å²) in [5.41, 5.74) is 4.30. The van der Waals surface area contributed by atoms with Crippen LogP contribution in [0.5, 0.6) is 23.0 Å². The van der Waals surface area contributed by atoms with Crippen molar-refractivity contribution in [1.82, 2.24) is 4.98 Å². The minimum Gasteiger partial charge on any atom is -0.452 e. The van der Waals surface area contributed by atoms with Gasteiger partial charge in [-0.05, 0) is 36.4 Å². The van der Waals surface area contributed by atoms with Crippen molar-refractivity contribution < 1.29 is 51.6 Å². The molecule has 0 unspecified atom stereocenters. The summed E-state index contributed by atoms with van der Waals surface area (Å²) >= 11 is 3.03. The Balaban J connectivity index is 2.01. The van der Waals surface area contributed by atoms with Crippen LogP contribution >= 0.6 is 15.9 Å². The molecule has 37 heavy (non-hydrogen) atoms. The summed E-state index contributed by atoms with van der Waals surface area (Å²) in [6.45, 7) is 0. The third-order valence-electron chi connectivity index (χ3n) is 4.14. The SMILES string of the molecule is [B]C(O)(O)Oc1cc(OC(F)(F)F)ccc1Oc1cc(Br)cc(F)c1C(=O)Nc1ccnc(C(N)=O)c1. The number of benzene rings is 2. The van der Waals surface area contributed by atoms with Crippen LogP contribution in [0.25, 0.3) is 0 Å². The predicted molar refractivity (Wildman–Crippen MR) is 122 cm³/mol. The molecule has 3 aromatic rings. The summed E-state index contributed by atoms with van der Waals surface area (Å²) in [7, 11) is 4.95. The molecule has 0 spiro atoms. The fraction of sp³-hybridized carbons (Fsp3) is 0.0952. The van der Waals surface area contributed by atoms with Crippen molar-refractivity contribution in [3.8, 4) is 23.0 Å². The number of halogens is 5. The molecule has 0 fully saturated rings. The standard InChI is InChI=1S/C21H13BBrF4N3O7/c22-20(33,34)37-15-8-11(36-21(25,26)27)1-2-14(15)35-16-6-9(23)5-12(24)17(16)19(32)30-10-3-4-29-13(7-10)18(28)31/h1-8,33-34H,(H2,28,31)(H,29,30,32). The summed E-state index contributed by atoms with van der Waals surface area (Å²) in [4.78, 5) is 27.9. The molecule has 16 heteroatoms. The van der Waals surface area contributed by atoms with E-state index in [-0.39, 0.29) is 15.9 Å². The zero-order chi connectivity index (χ0) is 27.5. The molecule has 192 valence electrons. The Kier molecular flexibility index (Phi) is 7.95. The number of anilines is 1. The van der Waals surface area contributed by atoms with E-state index in [0.29, 0.717) is 6.07 Å². The number of amides is 2.